The van der Waals surface area contributed by atoms with Gasteiger partial charge in [-0.25, -0.2) is 9.67 Å². The third-order valence-corrected chi connectivity index (χ3v) is 5.79. The molecule has 1 N–H and O–H groups in total. The quantitative estimate of drug-likeness (QED) is 0.495. The lowest BCUT2D eigenvalue weighted by atomic mass is 9.87. The van der Waals surface area contributed by atoms with E-state index in [1.165, 1.54) is 4.80 Å². The number of aliphatic carboxylic acids is 1. The number of hydrogen-bond donors (Lipinski definition) is 1. The van der Waals surface area contributed by atoms with Gasteiger partial charge in [-0.05, 0) is 55.9 Å². The van der Waals surface area contributed by atoms with Crippen LogP contribution in [0.2, 0.25) is 0 Å². The predicted octanol–water partition coefficient (Wildman–Crippen LogP) is 2.43. The van der Waals surface area contributed by atoms with Crippen LogP contribution in [0.4, 0.5) is 0 Å². The van der Waals surface area contributed by atoms with Gasteiger partial charge in [0.2, 0.25) is 0 Å². The minimum atomic E-state index is -0.756. The summed E-state index contributed by atoms with van der Waals surface area (Å²) in [4.78, 5) is 17.5. The van der Waals surface area contributed by atoms with Crippen LogP contribution in [0.25, 0.3) is 11.4 Å². The average molecular weight is 471 g/mol. The van der Waals surface area contributed by atoms with Gasteiger partial charge >= 0.3 is 12.0 Å². The van der Waals surface area contributed by atoms with Crippen molar-refractivity contribution in [3.05, 3.63) is 23.5 Å². The molecule has 0 amide bonds. The smallest absolute Gasteiger partial charge is 0.356 e. The maximum atomic E-state index is 11.3. The zero-order chi connectivity index (χ0) is 24.2. The van der Waals surface area contributed by atoms with Crippen molar-refractivity contribution in [3.63, 3.8) is 0 Å². The zero-order valence-electron chi connectivity index (χ0n) is 19.9. The minimum Gasteiger partial charge on any atom is -0.489 e. The number of aryl methyl sites for hydroxylation is 2. The summed E-state index contributed by atoms with van der Waals surface area (Å²) in [7, 11) is 1.78. The van der Waals surface area contributed by atoms with Crippen molar-refractivity contribution in [2.45, 2.75) is 65.7 Å². The van der Waals surface area contributed by atoms with Crippen LogP contribution in [0.3, 0.4) is 0 Å². The van der Waals surface area contributed by atoms with E-state index < -0.39 is 5.97 Å². The van der Waals surface area contributed by atoms with Crippen LogP contribution < -0.4 is 9.47 Å². The van der Waals surface area contributed by atoms with Gasteiger partial charge in [0.15, 0.2) is 0 Å². The summed E-state index contributed by atoms with van der Waals surface area (Å²) in [6, 6.07) is 3.86. The molecular weight excluding hydrogens is 440 g/mol. The molecule has 12 heteroatoms. The average Bonchev–Trinajstić information content (AvgIpc) is 3.39. The van der Waals surface area contributed by atoms with E-state index in [1.54, 1.807) is 11.7 Å². The lowest BCUT2D eigenvalue weighted by Gasteiger charge is -2.27. The van der Waals surface area contributed by atoms with E-state index in [0.29, 0.717) is 48.1 Å². The molecule has 3 heterocycles. The Morgan fingerprint density at radius 3 is 2.79 bits per heavy atom. The molecule has 0 bridgehead atoms. The highest BCUT2D eigenvalue weighted by atomic mass is 16.5. The van der Waals surface area contributed by atoms with E-state index in [1.807, 2.05) is 19.1 Å². The van der Waals surface area contributed by atoms with Crippen molar-refractivity contribution < 1.29 is 19.4 Å². The number of carboxylic acid groups (broad SMARTS) is 1. The summed E-state index contributed by atoms with van der Waals surface area (Å²) >= 11 is 0. The Bertz CT molecular complexity index is 1140. The van der Waals surface area contributed by atoms with Gasteiger partial charge in [-0.2, -0.15) is 4.80 Å². The molecule has 1 aliphatic rings. The summed E-state index contributed by atoms with van der Waals surface area (Å²) in [6.07, 6.45) is 2.77. The summed E-state index contributed by atoms with van der Waals surface area (Å²) < 4.78 is 13.5. The maximum absolute atomic E-state index is 11.3. The first kappa shape index (κ1) is 23.6. The Hall–Kier alpha value is -3.57. The highest BCUT2D eigenvalue weighted by molar-refractivity contribution is 5.70. The fourth-order valence-electron chi connectivity index (χ4n) is 4.02. The number of tetrazole rings is 1. The van der Waals surface area contributed by atoms with Gasteiger partial charge in [-0.3, -0.25) is 4.79 Å². The molecule has 1 aliphatic carbocycles. The van der Waals surface area contributed by atoms with E-state index in [2.05, 4.69) is 44.6 Å². The van der Waals surface area contributed by atoms with Crippen molar-refractivity contribution in [2.24, 2.45) is 18.9 Å². The summed E-state index contributed by atoms with van der Waals surface area (Å²) in [5, 5.41) is 29.9. The number of carboxylic acids is 1. The first-order chi connectivity index (χ1) is 16.3. The van der Waals surface area contributed by atoms with E-state index in [-0.39, 0.29) is 24.6 Å². The lowest BCUT2D eigenvalue weighted by Crippen LogP contribution is -2.29. The first-order valence-electron chi connectivity index (χ1n) is 11.5. The highest BCUT2D eigenvalue weighted by Gasteiger charge is 2.28. The van der Waals surface area contributed by atoms with Gasteiger partial charge < -0.3 is 14.6 Å². The minimum absolute atomic E-state index is 0.127. The maximum Gasteiger partial charge on any atom is 0.356 e. The molecule has 0 aromatic carbocycles. The fraction of sp³-hybridized carbons (Fsp3) is 0.591. The van der Waals surface area contributed by atoms with E-state index >= 15 is 0 Å². The third kappa shape index (κ3) is 5.49. The number of aromatic nitrogens is 8. The Kier molecular flexibility index (Phi) is 7.03. The van der Waals surface area contributed by atoms with E-state index in [9.17, 15) is 9.90 Å². The molecule has 0 saturated heterocycles. The van der Waals surface area contributed by atoms with Gasteiger partial charge in [0, 0.05) is 7.05 Å². The fourth-order valence-corrected chi connectivity index (χ4v) is 4.02. The zero-order valence-corrected chi connectivity index (χ0v) is 19.9. The molecule has 0 unspecified atom stereocenters. The number of ether oxygens (including phenoxy) is 2. The topological polar surface area (TPSA) is 143 Å². The van der Waals surface area contributed by atoms with Crippen LogP contribution >= 0.6 is 0 Å². The molecule has 2 atom stereocenters. The van der Waals surface area contributed by atoms with Gasteiger partial charge in [0.25, 0.3) is 0 Å². The van der Waals surface area contributed by atoms with Crippen LogP contribution in [0.5, 0.6) is 11.8 Å². The second-order valence-corrected chi connectivity index (χ2v) is 9.04. The Morgan fingerprint density at radius 1 is 1.24 bits per heavy atom. The van der Waals surface area contributed by atoms with Crippen LogP contribution in [-0.4, -0.2) is 57.4 Å². The van der Waals surface area contributed by atoms with Gasteiger partial charge in [-0.15, -0.1) is 5.10 Å². The molecule has 0 radical (unpaired) electrons. The van der Waals surface area contributed by atoms with E-state index in [0.717, 1.165) is 18.5 Å². The molecule has 182 valence electrons. The molecular formula is C22H30N8O4. The monoisotopic (exact) mass is 470 g/mol. The Balaban J connectivity index is 1.45. The second kappa shape index (κ2) is 10.1. The molecule has 34 heavy (non-hydrogen) atoms. The van der Waals surface area contributed by atoms with Crippen molar-refractivity contribution in [1.29, 1.82) is 0 Å². The molecule has 0 aliphatic heterocycles. The molecule has 12 nitrogen and oxygen atoms in total. The van der Waals surface area contributed by atoms with Crippen LogP contribution in [-0.2, 0) is 25.0 Å². The van der Waals surface area contributed by atoms with Gasteiger partial charge in [0.1, 0.15) is 23.7 Å². The number of pyridine rings is 1. The normalized spacial score (nSPS) is 18.3. The lowest BCUT2D eigenvalue weighted by molar-refractivity contribution is -0.143. The number of nitrogens with zero attached hydrogens (tertiary/aromatic N) is 8. The first-order valence-corrected chi connectivity index (χ1v) is 11.5. The van der Waals surface area contributed by atoms with Crippen LogP contribution in [0, 0.1) is 18.8 Å². The number of rotatable bonds is 9. The summed E-state index contributed by atoms with van der Waals surface area (Å²) in [6.45, 7) is 6.82. The summed E-state index contributed by atoms with van der Waals surface area (Å²) in [5.74, 6) is -0.0659. The van der Waals surface area contributed by atoms with Gasteiger partial charge in [0.05, 0.1) is 30.0 Å². The molecule has 1 saturated carbocycles. The van der Waals surface area contributed by atoms with Crippen LogP contribution in [0.15, 0.2) is 12.1 Å². The highest BCUT2D eigenvalue weighted by Crippen LogP contribution is 2.30. The number of hydrogen-bond acceptors (Lipinski definition) is 9. The summed E-state index contributed by atoms with van der Waals surface area (Å²) in [5.41, 5.74) is 2.65. The van der Waals surface area contributed by atoms with Gasteiger partial charge in [-0.1, -0.05) is 29.3 Å². The van der Waals surface area contributed by atoms with E-state index in [4.69, 9.17) is 9.47 Å². The molecule has 3 aromatic rings. The molecule has 3 aromatic heterocycles. The Morgan fingerprint density at radius 2 is 2.06 bits per heavy atom. The predicted molar refractivity (Wildman–Crippen MR) is 120 cm³/mol. The molecule has 0 spiro atoms. The third-order valence-electron chi connectivity index (χ3n) is 5.79. The largest absolute Gasteiger partial charge is 0.489 e. The van der Waals surface area contributed by atoms with Crippen molar-refractivity contribution in [1.82, 2.24) is 40.2 Å². The van der Waals surface area contributed by atoms with Crippen molar-refractivity contribution in [2.75, 3.05) is 0 Å². The number of carbonyl (C=O) groups is 1. The Labute approximate surface area is 197 Å². The van der Waals surface area contributed by atoms with Crippen molar-refractivity contribution in [3.8, 4) is 23.1 Å². The second-order valence-electron chi connectivity index (χ2n) is 9.04. The van der Waals surface area contributed by atoms with Crippen LogP contribution in [0.1, 0.15) is 50.9 Å². The standard InChI is InChI=1S/C22H30N8O4/c1-13(2)11-30-26-22(25-28-30)33-12-18-20(24-27-29(18)4)17-8-9-19(14(3)23-17)34-16-7-5-6-15(10-16)21(31)32/h8-9,13,15-16H,5-7,10-12H2,1-4H3,(H,31,32)/t15-,16-/m0/s1. The van der Waals surface area contributed by atoms with Crippen molar-refractivity contribution >= 4 is 5.97 Å². The molecule has 1 fully saturated rings. The SMILES string of the molecule is Cc1nc(-c2nnn(C)c2COc2nnn(CC(C)C)n2)ccc1O[C@H]1CCC[C@H](C(=O)O)C1. The molecule has 4 rings (SSSR count).